The Labute approximate surface area is 90.7 Å². The molecule has 5 nitrogen and oxygen atoms in total. The largest absolute Gasteiger partial charge is 0.481 e. The number of aliphatic carboxylic acids is 1. The van der Waals surface area contributed by atoms with E-state index >= 15 is 0 Å². The second-order valence-electron chi connectivity index (χ2n) is 4.65. The first-order chi connectivity index (χ1) is 6.81. The number of hydrogen-bond donors (Lipinski definition) is 2. The summed E-state index contributed by atoms with van der Waals surface area (Å²) < 4.78 is 0.894. The van der Waals surface area contributed by atoms with Gasteiger partial charge in [0.2, 0.25) is 0 Å². The zero-order valence-electron chi connectivity index (χ0n) is 9.75. The molecule has 0 bridgehead atoms. The molecule has 0 saturated carbocycles. The van der Waals surface area contributed by atoms with Gasteiger partial charge in [0.05, 0.1) is 34.2 Å². The normalized spacial score (nSPS) is 11.4. The summed E-state index contributed by atoms with van der Waals surface area (Å²) in [6.45, 7) is 1.93. The van der Waals surface area contributed by atoms with Crippen molar-refractivity contribution in [2.75, 3.05) is 40.8 Å². The van der Waals surface area contributed by atoms with Crippen molar-refractivity contribution in [3.8, 4) is 0 Å². The van der Waals surface area contributed by atoms with Crippen LogP contribution < -0.4 is 5.32 Å². The van der Waals surface area contributed by atoms with Crippen LogP contribution in [0.5, 0.6) is 0 Å². The van der Waals surface area contributed by atoms with Gasteiger partial charge in [-0.2, -0.15) is 0 Å². The minimum absolute atomic E-state index is 0.156. The predicted molar refractivity (Wildman–Crippen MR) is 57.6 cm³/mol. The predicted octanol–water partition coefficient (Wildman–Crippen LogP) is -0.284. The van der Waals surface area contributed by atoms with E-state index in [4.69, 9.17) is 5.11 Å². The van der Waals surface area contributed by atoms with E-state index in [-0.39, 0.29) is 18.7 Å². The number of nitrogens with one attached hydrogen (secondary N) is 1. The average Bonchev–Trinajstić information content (AvgIpc) is 1.99. The van der Waals surface area contributed by atoms with E-state index in [1.807, 2.05) is 0 Å². The highest BCUT2D eigenvalue weighted by Gasteiger charge is 2.08. The minimum Gasteiger partial charge on any atom is -0.481 e. The van der Waals surface area contributed by atoms with Crippen molar-refractivity contribution >= 4 is 11.8 Å². The van der Waals surface area contributed by atoms with Gasteiger partial charge >= 0.3 is 5.97 Å². The molecule has 0 aliphatic heterocycles. The maximum absolute atomic E-state index is 11.0. The fourth-order valence-electron chi connectivity index (χ4n) is 1.14. The molecule has 0 aromatic heterocycles. The molecule has 5 heteroatoms. The van der Waals surface area contributed by atoms with Crippen molar-refractivity contribution in [1.82, 2.24) is 5.32 Å². The van der Waals surface area contributed by atoms with Crippen LogP contribution in [0.4, 0.5) is 0 Å². The van der Waals surface area contributed by atoms with Crippen LogP contribution in [0, 0.1) is 0 Å². The third-order valence-electron chi connectivity index (χ3n) is 1.85. The molecule has 0 saturated heterocycles. The third kappa shape index (κ3) is 11.0. The Morgan fingerprint density at radius 2 is 1.87 bits per heavy atom. The molecular formula is C10H21N2O3+. The molecule has 0 aliphatic rings. The van der Waals surface area contributed by atoms with Crippen molar-refractivity contribution in [2.24, 2.45) is 0 Å². The zero-order valence-corrected chi connectivity index (χ0v) is 9.75. The molecule has 0 fully saturated rings. The van der Waals surface area contributed by atoms with Gasteiger partial charge in [-0.15, -0.1) is 0 Å². The minimum atomic E-state index is -1.06. The van der Waals surface area contributed by atoms with Crippen LogP contribution in [0.3, 0.4) is 0 Å². The second-order valence-corrected chi connectivity index (χ2v) is 4.65. The SMILES string of the molecule is C[N+](C)(C)CCCNCC(=O)CC(=O)O. The summed E-state index contributed by atoms with van der Waals surface area (Å²) in [6.07, 6.45) is 0.589. The topological polar surface area (TPSA) is 66.4 Å². The highest BCUT2D eigenvalue weighted by Crippen LogP contribution is 1.91. The van der Waals surface area contributed by atoms with Gasteiger partial charge in [-0.25, -0.2) is 0 Å². The molecule has 15 heavy (non-hydrogen) atoms. The molecule has 0 amide bonds. The van der Waals surface area contributed by atoms with Crippen LogP contribution in [-0.2, 0) is 9.59 Å². The van der Waals surface area contributed by atoms with Crippen molar-refractivity contribution < 1.29 is 19.2 Å². The Kier molecular flexibility index (Phi) is 6.12. The van der Waals surface area contributed by atoms with Crippen LogP contribution in [-0.4, -0.2) is 62.1 Å². The monoisotopic (exact) mass is 217 g/mol. The molecule has 0 aromatic rings. The van der Waals surface area contributed by atoms with Crippen molar-refractivity contribution in [1.29, 1.82) is 0 Å². The van der Waals surface area contributed by atoms with Gasteiger partial charge in [-0.3, -0.25) is 9.59 Å². The fourth-order valence-corrected chi connectivity index (χ4v) is 1.14. The van der Waals surface area contributed by atoms with E-state index in [1.165, 1.54) is 0 Å². The highest BCUT2D eigenvalue weighted by molar-refractivity contribution is 5.95. The molecule has 0 radical (unpaired) electrons. The molecule has 0 atom stereocenters. The van der Waals surface area contributed by atoms with Crippen LogP contribution in [0.1, 0.15) is 12.8 Å². The van der Waals surface area contributed by atoms with Crippen LogP contribution in [0.15, 0.2) is 0 Å². The number of nitrogens with zero attached hydrogens (tertiary/aromatic N) is 1. The highest BCUT2D eigenvalue weighted by atomic mass is 16.4. The van der Waals surface area contributed by atoms with E-state index in [0.717, 1.165) is 24.0 Å². The molecular weight excluding hydrogens is 196 g/mol. The van der Waals surface area contributed by atoms with Gasteiger partial charge in [0.1, 0.15) is 6.42 Å². The fraction of sp³-hybridized carbons (Fsp3) is 0.800. The Balaban J connectivity index is 3.39. The van der Waals surface area contributed by atoms with E-state index in [0.29, 0.717) is 0 Å². The molecule has 0 rings (SSSR count). The van der Waals surface area contributed by atoms with Gasteiger partial charge in [-0.1, -0.05) is 0 Å². The summed E-state index contributed by atoms with van der Waals surface area (Å²) in [6, 6.07) is 0. The summed E-state index contributed by atoms with van der Waals surface area (Å²) in [5.41, 5.74) is 0. The van der Waals surface area contributed by atoms with Gasteiger partial charge in [0.15, 0.2) is 5.78 Å². The number of carbonyl (C=O) groups excluding carboxylic acids is 1. The number of carboxylic acid groups (broad SMARTS) is 1. The first kappa shape index (κ1) is 14.1. The number of quaternary nitrogens is 1. The van der Waals surface area contributed by atoms with Crippen LogP contribution in [0.2, 0.25) is 0 Å². The first-order valence-electron chi connectivity index (χ1n) is 5.06. The van der Waals surface area contributed by atoms with Crippen molar-refractivity contribution in [2.45, 2.75) is 12.8 Å². The second kappa shape index (κ2) is 6.53. The summed E-state index contributed by atoms with van der Waals surface area (Å²) >= 11 is 0. The summed E-state index contributed by atoms with van der Waals surface area (Å²) in [5, 5.41) is 11.3. The molecule has 88 valence electrons. The molecule has 0 spiro atoms. The number of carbonyl (C=O) groups is 2. The maximum Gasteiger partial charge on any atom is 0.310 e. The average molecular weight is 217 g/mol. The van der Waals surface area contributed by atoms with Crippen molar-refractivity contribution in [3.63, 3.8) is 0 Å². The zero-order chi connectivity index (χ0) is 11.9. The standard InChI is InChI=1S/C10H20N2O3/c1-12(2,3)6-4-5-11-8-9(13)7-10(14)15/h11H,4-8H2,1-3H3/p+1. The number of rotatable bonds is 8. The maximum atomic E-state index is 11.0. The molecule has 2 N–H and O–H groups in total. The Morgan fingerprint density at radius 1 is 1.27 bits per heavy atom. The summed E-state index contributed by atoms with van der Waals surface area (Å²) in [5.74, 6) is -1.33. The summed E-state index contributed by atoms with van der Waals surface area (Å²) in [4.78, 5) is 21.1. The van der Waals surface area contributed by atoms with E-state index in [1.54, 1.807) is 0 Å². The molecule has 0 aromatic carbocycles. The van der Waals surface area contributed by atoms with Crippen LogP contribution in [0.25, 0.3) is 0 Å². The lowest BCUT2D eigenvalue weighted by atomic mass is 10.3. The lowest BCUT2D eigenvalue weighted by Crippen LogP contribution is -2.37. The van der Waals surface area contributed by atoms with E-state index in [9.17, 15) is 9.59 Å². The van der Waals surface area contributed by atoms with E-state index in [2.05, 4.69) is 26.5 Å². The van der Waals surface area contributed by atoms with Gasteiger partial charge < -0.3 is 14.9 Å². The first-order valence-corrected chi connectivity index (χ1v) is 5.06. The number of ketones is 1. The molecule has 0 aliphatic carbocycles. The van der Waals surface area contributed by atoms with Gasteiger partial charge in [0.25, 0.3) is 0 Å². The Hall–Kier alpha value is -0.940. The van der Waals surface area contributed by atoms with Gasteiger partial charge in [0, 0.05) is 13.0 Å². The lowest BCUT2D eigenvalue weighted by Gasteiger charge is -2.23. The Bertz CT molecular complexity index is 221. The molecule has 0 heterocycles. The third-order valence-corrected chi connectivity index (χ3v) is 1.85. The Morgan fingerprint density at radius 3 is 2.33 bits per heavy atom. The quantitative estimate of drug-likeness (QED) is 0.333. The molecule has 0 unspecified atom stereocenters. The smallest absolute Gasteiger partial charge is 0.310 e. The number of hydrogen-bond acceptors (Lipinski definition) is 3. The lowest BCUT2D eigenvalue weighted by molar-refractivity contribution is -0.870. The van der Waals surface area contributed by atoms with E-state index < -0.39 is 5.97 Å². The number of carboxylic acids is 1. The van der Waals surface area contributed by atoms with Crippen molar-refractivity contribution in [3.05, 3.63) is 0 Å². The number of Topliss-reactive ketones (excluding diaryl/α,β-unsaturated/α-hetero) is 1. The summed E-state index contributed by atoms with van der Waals surface area (Å²) in [7, 11) is 6.32. The van der Waals surface area contributed by atoms with Gasteiger partial charge in [-0.05, 0) is 0 Å². The van der Waals surface area contributed by atoms with Crippen LogP contribution >= 0.6 is 0 Å².